The molecule has 2 rings (SSSR count). The van der Waals surface area contributed by atoms with E-state index in [1.54, 1.807) is 12.1 Å². The zero-order valence-electron chi connectivity index (χ0n) is 12.1. The zero-order chi connectivity index (χ0) is 15.8. The SMILES string of the molecule is CC(C)CNC1=C(S(C)(=O)=O)C(=O)c2ccccc2C1=O. The molecule has 1 N–H and O–H groups in total. The molecule has 1 aromatic rings. The smallest absolute Gasteiger partial charge is 0.211 e. The molecule has 0 saturated carbocycles. The average molecular weight is 307 g/mol. The first kappa shape index (κ1) is 15.4. The van der Waals surface area contributed by atoms with Crippen molar-refractivity contribution in [3.05, 3.63) is 46.0 Å². The minimum atomic E-state index is -3.80. The average Bonchev–Trinajstić information content (AvgIpc) is 2.39. The van der Waals surface area contributed by atoms with Gasteiger partial charge in [-0.1, -0.05) is 38.1 Å². The summed E-state index contributed by atoms with van der Waals surface area (Å²) in [6.45, 7) is 4.27. The molecule has 0 fully saturated rings. The molecular weight excluding hydrogens is 290 g/mol. The summed E-state index contributed by atoms with van der Waals surface area (Å²) in [5, 5.41) is 2.83. The number of nitrogens with one attached hydrogen (secondary N) is 1. The van der Waals surface area contributed by atoms with Gasteiger partial charge in [0.15, 0.2) is 9.84 Å². The molecule has 0 heterocycles. The Morgan fingerprint density at radius 1 is 1.05 bits per heavy atom. The molecule has 0 aliphatic heterocycles. The second-order valence-electron chi connectivity index (χ2n) is 5.45. The fraction of sp³-hybridized carbons (Fsp3) is 0.333. The number of hydrogen-bond acceptors (Lipinski definition) is 5. The van der Waals surface area contributed by atoms with Gasteiger partial charge < -0.3 is 5.32 Å². The van der Waals surface area contributed by atoms with Gasteiger partial charge in [0.05, 0.1) is 0 Å². The van der Waals surface area contributed by atoms with E-state index in [4.69, 9.17) is 0 Å². The topological polar surface area (TPSA) is 80.3 Å². The van der Waals surface area contributed by atoms with Crippen LogP contribution in [-0.4, -0.2) is 32.8 Å². The van der Waals surface area contributed by atoms with Crippen LogP contribution in [-0.2, 0) is 9.84 Å². The largest absolute Gasteiger partial charge is 0.380 e. The maximum Gasteiger partial charge on any atom is 0.211 e. The van der Waals surface area contributed by atoms with E-state index in [1.807, 2.05) is 13.8 Å². The van der Waals surface area contributed by atoms with Crippen LogP contribution in [0.2, 0.25) is 0 Å². The van der Waals surface area contributed by atoms with Crippen LogP contribution in [0.25, 0.3) is 0 Å². The number of allylic oxidation sites excluding steroid dienone is 2. The van der Waals surface area contributed by atoms with Gasteiger partial charge in [-0.25, -0.2) is 8.42 Å². The van der Waals surface area contributed by atoms with Gasteiger partial charge in [0.25, 0.3) is 0 Å². The zero-order valence-corrected chi connectivity index (χ0v) is 13.0. The monoisotopic (exact) mass is 307 g/mol. The molecule has 0 atom stereocenters. The van der Waals surface area contributed by atoms with E-state index >= 15 is 0 Å². The number of ketones is 2. The Kier molecular flexibility index (Phi) is 4.00. The molecule has 5 nitrogen and oxygen atoms in total. The maximum absolute atomic E-state index is 12.5. The molecule has 1 aliphatic rings. The molecule has 6 heteroatoms. The van der Waals surface area contributed by atoms with E-state index in [1.165, 1.54) is 12.1 Å². The predicted octanol–water partition coefficient (Wildman–Crippen LogP) is 1.57. The Labute approximate surface area is 124 Å². The first-order valence-corrected chi connectivity index (χ1v) is 8.49. The summed E-state index contributed by atoms with van der Waals surface area (Å²) in [5.41, 5.74) is 0.258. The quantitative estimate of drug-likeness (QED) is 0.913. The van der Waals surface area contributed by atoms with Crippen LogP contribution >= 0.6 is 0 Å². The summed E-state index contributed by atoms with van der Waals surface area (Å²) in [6.07, 6.45) is 0.943. The summed E-state index contributed by atoms with van der Waals surface area (Å²) in [7, 11) is -3.80. The van der Waals surface area contributed by atoms with Crippen LogP contribution in [0.5, 0.6) is 0 Å². The lowest BCUT2D eigenvalue weighted by molar-refractivity contribution is 0.0974. The summed E-state index contributed by atoms with van der Waals surface area (Å²) >= 11 is 0. The number of hydrogen-bond donors (Lipinski definition) is 1. The van der Waals surface area contributed by atoms with Gasteiger partial charge >= 0.3 is 0 Å². The molecule has 0 bridgehead atoms. The van der Waals surface area contributed by atoms with Crippen LogP contribution in [0.3, 0.4) is 0 Å². The normalized spacial score (nSPS) is 15.4. The highest BCUT2D eigenvalue weighted by atomic mass is 32.2. The van der Waals surface area contributed by atoms with E-state index < -0.39 is 26.3 Å². The standard InChI is InChI=1S/C15H17NO4S/c1-9(2)8-16-12-13(17)10-6-4-5-7-11(10)14(18)15(12)21(3,19)20/h4-7,9,16H,8H2,1-3H3. The minimum Gasteiger partial charge on any atom is -0.380 e. The Morgan fingerprint density at radius 2 is 1.57 bits per heavy atom. The van der Waals surface area contributed by atoms with Crippen molar-refractivity contribution in [3.8, 4) is 0 Å². The van der Waals surface area contributed by atoms with Crippen LogP contribution in [0, 0.1) is 5.92 Å². The molecule has 0 amide bonds. The van der Waals surface area contributed by atoms with Crippen molar-refractivity contribution in [2.24, 2.45) is 5.92 Å². The highest BCUT2D eigenvalue weighted by Crippen LogP contribution is 2.27. The van der Waals surface area contributed by atoms with E-state index in [0.29, 0.717) is 6.54 Å². The predicted molar refractivity (Wildman–Crippen MR) is 79.8 cm³/mol. The number of benzene rings is 1. The van der Waals surface area contributed by atoms with E-state index in [0.717, 1.165) is 6.26 Å². The Balaban J connectivity index is 2.64. The van der Waals surface area contributed by atoms with Crippen LogP contribution in [0.15, 0.2) is 34.9 Å². The van der Waals surface area contributed by atoms with Crippen LogP contribution < -0.4 is 5.32 Å². The van der Waals surface area contributed by atoms with Crippen molar-refractivity contribution in [1.29, 1.82) is 0 Å². The lowest BCUT2D eigenvalue weighted by atomic mass is 9.92. The molecule has 0 radical (unpaired) electrons. The van der Waals surface area contributed by atoms with Crippen molar-refractivity contribution in [2.45, 2.75) is 13.8 Å². The Morgan fingerprint density at radius 3 is 2.05 bits per heavy atom. The molecule has 1 aliphatic carbocycles. The minimum absolute atomic E-state index is 0.116. The molecule has 0 saturated heterocycles. The van der Waals surface area contributed by atoms with Crippen molar-refractivity contribution in [1.82, 2.24) is 5.32 Å². The number of rotatable bonds is 4. The number of sulfone groups is 1. The fourth-order valence-corrected chi connectivity index (χ4v) is 3.16. The van der Waals surface area contributed by atoms with Gasteiger partial charge in [0.1, 0.15) is 10.6 Å². The second-order valence-corrected chi connectivity index (χ2v) is 7.41. The van der Waals surface area contributed by atoms with E-state index in [9.17, 15) is 18.0 Å². The van der Waals surface area contributed by atoms with Crippen molar-refractivity contribution < 1.29 is 18.0 Å². The van der Waals surface area contributed by atoms with E-state index in [-0.39, 0.29) is 22.7 Å². The van der Waals surface area contributed by atoms with Gasteiger partial charge in [-0.05, 0) is 5.92 Å². The lowest BCUT2D eigenvalue weighted by Crippen LogP contribution is -2.34. The van der Waals surface area contributed by atoms with Gasteiger partial charge in [0, 0.05) is 23.9 Å². The number of carbonyl (C=O) groups excluding carboxylic acids is 2. The number of Topliss-reactive ketones (excluding diaryl/α,β-unsaturated/α-hetero) is 2. The maximum atomic E-state index is 12.5. The van der Waals surface area contributed by atoms with Crippen LogP contribution in [0.4, 0.5) is 0 Å². The van der Waals surface area contributed by atoms with Crippen molar-refractivity contribution in [3.63, 3.8) is 0 Å². The van der Waals surface area contributed by atoms with Crippen LogP contribution in [0.1, 0.15) is 34.6 Å². The second kappa shape index (κ2) is 5.44. The van der Waals surface area contributed by atoms with E-state index in [2.05, 4.69) is 5.32 Å². The summed E-state index contributed by atoms with van der Waals surface area (Å²) in [6, 6.07) is 6.26. The molecule has 21 heavy (non-hydrogen) atoms. The van der Waals surface area contributed by atoms with Crippen molar-refractivity contribution in [2.75, 3.05) is 12.8 Å². The highest BCUT2D eigenvalue weighted by molar-refractivity contribution is 7.95. The molecular formula is C15H17NO4S. The van der Waals surface area contributed by atoms with Gasteiger partial charge in [-0.2, -0.15) is 0 Å². The molecule has 0 unspecified atom stereocenters. The Hall–Kier alpha value is -1.95. The fourth-order valence-electron chi connectivity index (χ4n) is 2.17. The molecule has 0 spiro atoms. The van der Waals surface area contributed by atoms with Gasteiger partial charge in [-0.3, -0.25) is 9.59 Å². The highest BCUT2D eigenvalue weighted by Gasteiger charge is 2.37. The lowest BCUT2D eigenvalue weighted by Gasteiger charge is -2.21. The number of carbonyl (C=O) groups is 2. The third-order valence-electron chi connectivity index (χ3n) is 3.13. The summed E-state index contributed by atoms with van der Waals surface area (Å²) in [4.78, 5) is 24.5. The van der Waals surface area contributed by atoms with Crippen molar-refractivity contribution >= 4 is 21.4 Å². The summed E-state index contributed by atoms with van der Waals surface area (Å²) in [5.74, 6) is -0.872. The molecule has 0 aromatic heterocycles. The third kappa shape index (κ3) is 2.90. The number of fused-ring (bicyclic) bond motifs is 1. The summed E-state index contributed by atoms with van der Waals surface area (Å²) < 4.78 is 23.9. The molecule has 112 valence electrons. The van der Waals surface area contributed by atoms with Gasteiger partial charge in [0.2, 0.25) is 11.6 Å². The third-order valence-corrected chi connectivity index (χ3v) is 4.27. The first-order chi connectivity index (χ1) is 9.73. The molecule has 1 aromatic carbocycles. The first-order valence-electron chi connectivity index (χ1n) is 6.60. The van der Waals surface area contributed by atoms with Gasteiger partial charge in [-0.15, -0.1) is 0 Å². The Bertz CT molecular complexity index is 745.